The Hall–Kier alpha value is -0.860. The lowest BCUT2D eigenvalue weighted by molar-refractivity contribution is 0.0430. The van der Waals surface area contributed by atoms with Gasteiger partial charge in [-0.15, -0.1) is 0 Å². The quantitative estimate of drug-likeness (QED) is 0.831. The molecule has 2 aliphatic carbocycles. The van der Waals surface area contributed by atoms with E-state index < -0.39 is 0 Å². The van der Waals surface area contributed by atoms with E-state index in [1.807, 2.05) is 0 Å². The lowest BCUT2D eigenvalue weighted by Crippen LogP contribution is -2.35. The normalized spacial score (nSPS) is 26.6. The van der Waals surface area contributed by atoms with Crippen molar-refractivity contribution in [3.63, 3.8) is 0 Å². The standard InChI is InChI=1S/C15H21NO/c17-15-7-12(8-15)10-16-9-11-4-5-13-2-1-3-14(13)6-11/h4-6,12,15-17H,1-3,7-10H2. The molecule has 0 heterocycles. The van der Waals surface area contributed by atoms with Crippen LogP contribution in [0.2, 0.25) is 0 Å². The van der Waals surface area contributed by atoms with Crippen LogP contribution in [0.25, 0.3) is 0 Å². The Labute approximate surface area is 103 Å². The van der Waals surface area contributed by atoms with Crippen molar-refractivity contribution in [2.24, 2.45) is 5.92 Å². The lowest BCUT2D eigenvalue weighted by atomic mass is 9.82. The number of benzene rings is 1. The third-order valence-electron chi connectivity index (χ3n) is 4.14. The van der Waals surface area contributed by atoms with Crippen molar-refractivity contribution in [2.45, 2.75) is 44.8 Å². The highest BCUT2D eigenvalue weighted by Crippen LogP contribution is 2.26. The van der Waals surface area contributed by atoms with Gasteiger partial charge in [0, 0.05) is 6.54 Å². The Kier molecular flexibility index (Phi) is 3.17. The van der Waals surface area contributed by atoms with Gasteiger partial charge >= 0.3 is 0 Å². The lowest BCUT2D eigenvalue weighted by Gasteiger charge is -2.31. The number of hydrogen-bond donors (Lipinski definition) is 2. The van der Waals surface area contributed by atoms with E-state index in [1.165, 1.54) is 24.8 Å². The zero-order chi connectivity index (χ0) is 11.7. The fraction of sp³-hybridized carbons (Fsp3) is 0.600. The monoisotopic (exact) mass is 231 g/mol. The Morgan fingerprint density at radius 1 is 1.18 bits per heavy atom. The summed E-state index contributed by atoms with van der Waals surface area (Å²) in [7, 11) is 0. The number of hydrogen-bond acceptors (Lipinski definition) is 2. The van der Waals surface area contributed by atoms with Gasteiger partial charge in [-0.2, -0.15) is 0 Å². The SMILES string of the molecule is OC1CC(CNCc2ccc3c(c2)CCC3)C1. The van der Waals surface area contributed by atoms with Crippen LogP contribution in [0.3, 0.4) is 0 Å². The van der Waals surface area contributed by atoms with Gasteiger partial charge in [-0.25, -0.2) is 0 Å². The number of rotatable bonds is 4. The third-order valence-corrected chi connectivity index (χ3v) is 4.14. The highest BCUT2D eigenvalue weighted by Gasteiger charge is 2.26. The molecule has 0 amide bonds. The first-order valence-electron chi connectivity index (χ1n) is 6.81. The van der Waals surface area contributed by atoms with Crippen LogP contribution in [0, 0.1) is 5.92 Å². The van der Waals surface area contributed by atoms with Crippen LogP contribution >= 0.6 is 0 Å². The first kappa shape index (κ1) is 11.2. The molecule has 1 fully saturated rings. The molecule has 1 aromatic rings. The fourth-order valence-corrected chi connectivity index (χ4v) is 3.02. The molecule has 2 heteroatoms. The average Bonchev–Trinajstić information content (AvgIpc) is 2.73. The zero-order valence-electron chi connectivity index (χ0n) is 10.3. The van der Waals surface area contributed by atoms with Gasteiger partial charge in [0.2, 0.25) is 0 Å². The summed E-state index contributed by atoms with van der Waals surface area (Å²) < 4.78 is 0. The number of aliphatic hydroxyl groups excluding tert-OH is 1. The van der Waals surface area contributed by atoms with Crippen LogP contribution in [0.15, 0.2) is 18.2 Å². The van der Waals surface area contributed by atoms with Crippen LogP contribution in [-0.4, -0.2) is 17.8 Å². The molecule has 0 bridgehead atoms. The molecular formula is C15H21NO. The largest absolute Gasteiger partial charge is 0.393 e. The topological polar surface area (TPSA) is 32.3 Å². The molecule has 0 atom stereocenters. The second-order valence-corrected chi connectivity index (χ2v) is 5.58. The van der Waals surface area contributed by atoms with Gasteiger partial charge in [-0.05, 0) is 61.3 Å². The Morgan fingerprint density at radius 3 is 2.82 bits per heavy atom. The van der Waals surface area contributed by atoms with Crippen molar-refractivity contribution in [1.29, 1.82) is 0 Å². The maximum absolute atomic E-state index is 9.21. The molecule has 0 spiro atoms. The molecule has 2 N–H and O–H groups in total. The van der Waals surface area contributed by atoms with E-state index in [1.54, 1.807) is 11.1 Å². The van der Waals surface area contributed by atoms with E-state index in [2.05, 4.69) is 23.5 Å². The van der Waals surface area contributed by atoms with Crippen molar-refractivity contribution in [3.8, 4) is 0 Å². The Balaban J connectivity index is 1.48. The molecule has 92 valence electrons. The molecule has 0 unspecified atom stereocenters. The molecule has 1 aromatic carbocycles. The first-order valence-corrected chi connectivity index (χ1v) is 6.81. The number of nitrogens with one attached hydrogen (secondary N) is 1. The minimum absolute atomic E-state index is 0.0261. The molecular weight excluding hydrogens is 210 g/mol. The first-order chi connectivity index (χ1) is 8.31. The molecule has 0 aliphatic heterocycles. The van der Waals surface area contributed by atoms with E-state index in [-0.39, 0.29) is 6.10 Å². The number of aliphatic hydroxyl groups is 1. The highest BCUT2D eigenvalue weighted by atomic mass is 16.3. The average molecular weight is 231 g/mol. The van der Waals surface area contributed by atoms with Crippen molar-refractivity contribution in [3.05, 3.63) is 34.9 Å². The molecule has 3 rings (SSSR count). The summed E-state index contributed by atoms with van der Waals surface area (Å²) in [4.78, 5) is 0. The maximum atomic E-state index is 9.21. The van der Waals surface area contributed by atoms with Crippen molar-refractivity contribution in [1.82, 2.24) is 5.32 Å². The van der Waals surface area contributed by atoms with Gasteiger partial charge in [0.05, 0.1) is 6.10 Å². The van der Waals surface area contributed by atoms with Gasteiger partial charge in [0.1, 0.15) is 0 Å². The Bertz CT molecular complexity index is 396. The Morgan fingerprint density at radius 2 is 2.00 bits per heavy atom. The minimum atomic E-state index is -0.0261. The van der Waals surface area contributed by atoms with Crippen molar-refractivity contribution in [2.75, 3.05) is 6.54 Å². The molecule has 0 saturated heterocycles. The van der Waals surface area contributed by atoms with Gasteiger partial charge in [-0.1, -0.05) is 18.2 Å². The van der Waals surface area contributed by atoms with Crippen LogP contribution in [-0.2, 0) is 19.4 Å². The highest BCUT2D eigenvalue weighted by molar-refractivity contribution is 5.35. The predicted octanol–water partition coefficient (Wildman–Crippen LogP) is 2.04. The summed E-state index contributed by atoms with van der Waals surface area (Å²) in [5.74, 6) is 0.694. The molecule has 1 saturated carbocycles. The van der Waals surface area contributed by atoms with Gasteiger partial charge in [-0.3, -0.25) is 0 Å². The van der Waals surface area contributed by atoms with Crippen LogP contribution in [0.1, 0.15) is 36.0 Å². The van der Waals surface area contributed by atoms with Gasteiger partial charge < -0.3 is 10.4 Å². The van der Waals surface area contributed by atoms with E-state index >= 15 is 0 Å². The van der Waals surface area contributed by atoms with E-state index in [0.717, 1.165) is 25.9 Å². The molecule has 17 heavy (non-hydrogen) atoms. The van der Waals surface area contributed by atoms with Crippen molar-refractivity contribution < 1.29 is 5.11 Å². The number of fused-ring (bicyclic) bond motifs is 1. The summed E-state index contributed by atoms with van der Waals surface area (Å²) in [6.07, 6.45) is 5.79. The summed E-state index contributed by atoms with van der Waals surface area (Å²) in [6, 6.07) is 6.92. The van der Waals surface area contributed by atoms with Gasteiger partial charge in [0.25, 0.3) is 0 Å². The zero-order valence-corrected chi connectivity index (χ0v) is 10.3. The predicted molar refractivity (Wildman–Crippen MR) is 68.9 cm³/mol. The molecule has 2 nitrogen and oxygen atoms in total. The van der Waals surface area contributed by atoms with Crippen LogP contribution in [0.5, 0.6) is 0 Å². The smallest absolute Gasteiger partial charge is 0.0546 e. The third kappa shape index (κ3) is 2.53. The summed E-state index contributed by atoms with van der Waals surface area (Å²) in [5, 5.41) is 12.7. The summed E-state index contributed by atoms with van der Waals surface area (Å²) in [6.45, 7) is 2.02. The van der Waals surface area contributed by atoms with E-state index in [9.17, 15) is 5.11 Å². The van der Waals surface area contributed by atoms with Crippen LogP contribution < -0.4 is 5.32 Å². The summed E-state index contributed by atoms with van der Waals surface area (Å²) in [5.41, 5.74) is 4.52. The minimum Gasteiger partial charge on any atom is -0.393 e. The molecule has 0 radical (unpaired) electrons. The maximum Gasteiger partial charge on any atom is 0.0546 e. The molecule has 0 aromatic heterocycles. The summed E-state index contributed by atoms with van der Waals surface area (Å²) >= 11 is 0. The molecule has 2 aliphatic rings. The van der Waals surface area contributed by atoms with E-state index in [0.29, 0.717) is 5.92 Å². The number of aryl methyl sites for hydroxylation is 2. The second-order valence-electron chi connectivity index (χ2n) is 5.58. The fourth-order valence-electron chi connectivity index (χ4n) is 3.02. The van der Waals surface area contributed by atoms with Gasteiger partial charge in [0.15, 0.2) is 0 Å². The van der Waals surface area contributed by atoms with E-state index in [4.69, 9.17) is 0 Å². The second kappa shape index (κ2) is 4.79. The van der Waals surface area contributed by atoms with Crippen LogP contribution in [0.4, 0.5) is 0 Å². The van der Waals surface area contributed by atoms with Crippen molar-refractivity contribution >= 4 is 0 Å².